The van der Waals surface area contributed by atoms with Crippen molar-refractivity contribution in [2.24, 2.45) is 0 Å². The number of aliphatic hydroxyl groups is 1. The molecule has 0 heterocycles. The number of hydrogen-bond acceptors (Lipinski definition) is 4. The molecule has 29 heavy (non-hydrogen) atoms. The summed E-state index contributed by atoms with van der Waals surface area (Å²) < 4.78 is 5.37. The standard InChI is InChI=1S/C24H38N2O3/c1-29-23-11-7-8-19(16-23)17-26(21-12-14-22(27)15-13-21)18-24(28)25-20-9-5-3-2-4-6-10-20/h7-8,11,16,20-22,27H,2-6,9-10,12-15,17-18H2,1H3,(H,25,28). The predicted molar refractivity (Wildman–Crippen MR) is 116 cm³/mol. The van der Waals surface area contributed by atoms with E-state index in [9.17, 15) is 9.90 Å². The molecular weight excluding hydrogens is 364 g/mol. The zero-order chi connectivity index (χ0) is 20.5. The van der Waals surface area contributed by atoms with Crippen LogP contribution in [-0.2, 0) is 11.3 Å². The normalized spacial score (nSPS) is 24.0. The third-order valence-electron chi connectivity index (χ3n) is 6.52. The Bertz CT molecular complexity index is 620. The average molecular weight is 403 g/mol. The highest BCUT2D eigenvalue weighted by atomic mass is 16.5. The first kappa shape index (κ1) is 22.1. The van der Waals surface area contributed by atoms with Crippen molar-refractivity contribution in [1.82, 2.24) is 10.2 Å². The van der Waals surface area contributed by atoms with E-state index < -0.39 is 0 Å². The van der Waals surface area contributed by atoms with Gasteiger partial charge in [-0.3, -0.25) is 9.69 Å². The Balaban J connectivity index is 1.62. The zero-order valence-electron chi connectivity index (χ0n) is 17.9. The fourth-order valence-electron chi connectivity index (χ4n) is 4.80. The quantitative estimate of drug-likeness (QED) is 0.723. The summed E-state index contributed by atoms with van der Waals surface area (Å²) in [5.41, 5.74) is 1.16. The van der Waals surface area contributed by atoms with E-state index in [2.05, 4.69) is 22.3 Å². The van der Waals surface area contributed by atoms with Crippen molar-refractivity contribution in [3.63, 3.8) is 0 Å². The van der Waals surface area contributed by atoms with Gasteiger partial charge in [0.2, 0.25) is 5.91 Å². The summed E-state index contributed by atoms with van der Waals surface area (Å²) in [6.45, 7) is 1.16. The molecule has 0 saturated heterocycles. The molecule has 0 radical (unpaired) electrons. The van der Waals surface area contributed by atoms with Crippen LogP contribution in [0.25, 0.3) is 0 Å². The van der Waals surface area contributed by atoms with E-state index >= 15 is 0 Å². The summed E-state index contributed by atoms with van der Waals surface area (Å²) in [4.78, 5) is 15.2. The number of aliphatic hydroxyl groups excluding tert-OH is 1. The molecule has 0 atom stereocenters. The molecule has 0 spiro atoms. The van der Waals surface area contributed by atoms with Gasteiger partial charge in [0.15, 0.2) is 0 Å². The average Bonchev–Trinajstić information content (AvgIpc) is 2.70. The molecule has 1 aromatic rings. The summed E-state index contributed by atoms with van der Waals surface area (Å²) in [6, 6.07) is 8.77. The van der Waals surface area contributed by atoms with E-state index in [0.717, 1.165) is 56.4 Å². The first-order chi connectivity index (χ1) is 14.1. The minimum atomic E-state index is -0.186. The molecule has 0 unspecified atom stereocenters. The van der Waals surface area contributed by atoms with E-state index in [1.807, 2.05) is 12.1 Å². The third-order valence-corrected chi connectivity index (χ3v) is 6.52. The molecule has 0 aliphatic heterocycles. The Kier molecular flexibility index (Phi) is 8.81. The van der Waals surface area contributed by atoms with Crippen LogP contribution in [0.15, 0.2) is 24.3 Å². The lowest BCUT2D eigenvalue weighted by Crippen LogP contribution is -2.46. The number of hydrogen-bond donors (Lipinski definition) is 2. The van der Waals surface area contributed by atoms with E-state index in [-0.39, 0.29) is 12.0 Å². The molecule has 2 fully saturated rings. The van der Waals surface area contributed by atoms with Crippen molar-refractivity contribution < 1.29 is 14.6 Å². The van der Waals surface area contributed by atoms with Crippen molar-refractivity contribution in [1.29, 1.82) is 0 Å². The highest BCUT2D eigenvalue weighted by molar-refractivity contribution is 5.78. The van der Waals surface area contributed by atoms with Crippen LogP contribution < -0.4 is 10.1 Å². The van der Waals surface area contributed by atoms with Crippen LogP contribution in [0.1, 0.15) is 76.2 Å². The molecule has 1 aromatic carbocycles. The number of nitrogens with one attached hydrogen (secondary N) is 1. The van der Waals surface area contributed by atoms with Crippen molar-refractivity contribution >= 4 is 5.91 Å². The van der Waals surface area contributed by atoms with Crippen LogP contribution in [0.4, 0.5) is 0 Å². The summed E-state index contributed by atoms with van der Waals surface area (Å²) >= 11 is 0. The molecule has 2 N–H and O–H groups in total. The number of rotatable bonds is 7. The Morgan fingerprint density at radius 3 is 2.45 bits per heavy atom. The Hall–Kier alpha value is -1.59. The molecule has 2 aliphatic carbocycles. The number of methoxy groups -OCH3 is 1. The molecule has 0 bridgehead atoms. The number of ether oxygens (including phenoxy) is 1. The van der Waals surface area contributed by atoms with Gasteiger partial charge in [-0.05, 0) is 56.2 Å². The van der Waals surface area contributed by atoms with Crippen LogP contribution in [0.2, 0.25) is 0 Å². The highest BCUT2D eigenvalue weighted by Crippen LogP contribution is 2.25. The van der Waals surface area contributed by atoms with E-state index in [1.165, 1.54) is 32.1 Å². The van der Waals surface area contributed by atoms with Crippen LogP contribution in [0.3, 0.4) is 0 Å². The minimum absolute atomic E-state index is 0.143. The van der Waals surface area contributed by atoms with Gasteiger partial charge in [-0.1, -0.05) is 44.2 Å². The van der Waals surface area contributed by atoms with Crippen LogP contribution in [0.5, 0.6) is 5.75 Å². The lowest BCUT2D eigenvalue weighted by molar-refractivity contribution is -0.124. The minimum Gasteiger partial charge on any atom is -0.497 e. The van der Waals surface area contributed by atoms with Gasteiger partial charge in [0, 0.05) is 18.6 Å². The van der Waals surface area contributed by atoms with Gasteiger partial charge >= 0.3 is 0 Å². The SMILES string of the molecule is COc1cccc(CN(CC(=O)NC2CCCCCCC2)C2CCC(O)CC2)c1. The summed E-state index contributed by atoms with van der Waals surface area (Å²) in [5, 5.41) is 13.2. The lowest BCUT2D eigenvalue weighted by atomic mass is 9.91. The molecular formula is C24H38N2O3. The number of benzene rings is 1. The Morgan fingerprint density at radius 1 is 1.07 bits per heavy atom. The first-order valence-corrected chi connectivity index (χ1v) is 11.5. The van der Waals surface area contributed by atoms with Gasteiger partial charge in [-0.25, -0.2) is 0 Å². The second kappa shape index (κ2) is 11.6. The van der Waals surface area contributed by atoms with Gasteiger partial charge in [0.25, 0.3) is 0 Å². The fourth-order valence-corrected chi connectivity index (χ4v) is 4.80. The molecule has 162 valence electrons. The van der Waals surface area contributed by atoms with E-state index in [4.69, 9.17) is 4.74 Å². The molecule has 3 rings (SSSR count). The van der Waals surface area contributed by atoms with Crippen LogP contribution >= 0.6 is 0 Å². The smallest absolute Gasteiger partial charge is 0.234 e. The fraction of sp³-hybridized carbons (Fsp3) is 0.708. The zero-order valence-corrected chi connectivity index (χ0v) is 17.9. The second-order valence-electron chi connectivity index (χ2n) is 8.83. The Morgan fingerprint density at radius 2 is 1.76 bits per heavy atom. The molecule has 5 nitrogen and oxygen atoms in total. The van der Waals surface area contributed by atoms with Crippen molar-refractivity contribution in [2.45, 2.75) is 95.4 Å². The van der Waals surface area contributed by atoms with Crippen LogP contribution in [0, 0.1) is 0 Å². The lowest BCUT2D eigenvalue weighted by Gasteiger charge is -2.36. The van der Waals surface area contributed by atoms with Gasteiger partial charge in [0.1, 0.15) is 5.75 Å². The third kappa shape index (κ3) is 7.31. The maximum Gasteiger partial charge on any atom is 0.234 e. The molecule has 1 amide bonds. The van der Waals surface area contributed by atoms with Gasteiger partial charge in [0.05, 0.1) is 19.8 Å². The number of carbonyl (C=O) groups excluding carboxylic acids is 1. The summed E-state index contributed by atoms with van der Waals surface area (Å²) in [6.07, 6.45) is 11.9. The number of amides is 1. The van der Waals surface area contributed by atoms with E-state index in [0.29, 0.717) is 18.6 Å². The van der Waals surface area contributed by atoms with Crippen molar-refractivity contribution in [3.8, 4) is 5.75 Å². The van der Waals surface area contributed by atoms with Crippen molar-refractivity contribution in [3.05, 3.63) is 29.8 Å². The van der Waals surface area contributed by atoms with Gasteiger partial charge in [-0.15, -0.1) is 0 Å². The maximum absolute atomic E-state index is 12.9. The second-order valence-corrected chi connectivity index (χ2v) is 8.83. The monoisotopic (exact) mass is 402 g/mol. The summed E-state index contributed by atoms with van der Waals surface area (Å²) in [5.74, 6) is 0.991. The van der Waals surface area contributed by atoms with Crippen molar-refractivity contribution in [2.75, 3.05) is 13.7 Å². The molecule has 2 saturated carbocycles. The molecule has 0 aromatic heterocycles. The topological polar surface area (TPSA) is 61.8 Å². The molecule has 2 aliphatic rings. The Labute approximate surface area is 175 Å². The number of carbonyl (C=O) groups is 1. The summed E-state index contributed by atoms with van der Waals surface area (Å²) in [7, 11) is 1.68. The van der Waals surface area contributed by atoms with E-state index in [1.54, 1.807) is 7.11 Å². The first-order valence-electron chi connectivity index (χ1n) is 11.5. The predicted octanol–water partition coefficient (Wildman–Crippen LogP) is 4.03. The highest BCUT2D eigenvalue weighted by Gasteiger charge is 2.27. The maximum atomic E-state index is 12.9. The molecule has 5 heteroatoms. The largest absolute Gasteiger partial charge is 0.497 e. The van der Waals surface area contributed by atoms with Crippen LogP contribution in [-0.4, -0.2) is 47.8 Å². The van der Waals surface area contributed by atoms with Gasteiger partial charge in [-0.2, -0.15) is 0 Å². The van der Waals surface area contributed by atoms with Gasteiger partial charge < -0.3 is 15.2 Å². The number of nitrogens with zero attached hydrogens (tertiary/aromatic N) is 1.